The molecule has 132 valence electrons. The second kappa shape index (κ2) is 8.29. The summed E-state index contributed by atoms with van der Waals surface area (Å²) in [7, 11) is 0. The summed E-state index contributed by atoms with van der Waals surface area (Å²) in [4.78, 5) is 26.8. The minimum atomic E-state index is -0.145. The van der Waals surface area contributed by atoms with Crippen molar-refractivity contribution in [2.75, 3.05) is 11.9 Å². The predicted octanol–water partition coefficient (Wildman–Crippen LogP) is 4.23. The van der Waals surface area contributed by atoms with Crippen molar-refractivity contribution in [2.24, 2.45) is 0 Å². The van der Waals surface area contributed by atoms with Crippen LogP contribution in [0.3, 0.4) is 0 Å². The number of nitrogens with one attached hydrogen (secondary N) is 1. The molecule has 26 heavy (non-hydrogen) atoms. The molecule has 0 aromatic heterocycles. The van der Waals surface area contributed by atoms with Crippen molar-refractivity contribution in [3.05, 3.63) is 70.6 Å². The van der Waals surface area contributed by atoms with Crippen LogP contribution in [-0.4, -0.2) is 27.6 Å². The number of anilines is 1. The molecule has 0 spiro atoms. The number of para-hydroxylation sites is 1. The quantitative estimate of drug-likeness (QED) is 0.621. The van der Waals surface area contributed by atoms with Crippen LogP contribution in [0.2, 0.25) is 0 Å². The molecule has 6 heteroatoms. The highest BCUT2D eigenvalue weighted by atomic mass is 32.2. The lowest BCUT2D eigenvalue weighted by Crippen LogP contribution is -2.31. The van der Waals surface area contributed by atoms with Crippen LogP contribution in [0.15, 0.2) is 59.5 Å². The van der Waals surface area contributed by atoms with E-state index in [1.54, 1.807) is 0 Å². The van der Waals surface area contributed by atoms with E-state index in [1.807, 2.05) is 67.6 Å². The van der Waals surface area contributed by atoms with Gasteiger partial charge in [-0.3, -0.25) is 14.5 Å². The third-order valence-corrected chi connectivity index (χ3v) is 5.35. The molecule has 4 nitrogen and oxygen atoms in total. The van der Waals surface area contributed by atoms with Crippen molar-refractivity contribution in [1.82, 2.24) is 4.90 Å². The number of rotatable bonds is 5. The minimum absolute atomic E-state index is 0.143. The van der Waals surface area contributed by atoms with Gasteiger partial charge in [-0.15, -0.1) is 0 Å². The van der Waals surface area contributed by atoms with E-state index in [9.17, 15) is 9.59 Å². The topological polar surface area (TPSA) is 49.4 Å². The maximum absolute atomic E-state index is 12.6. The molecule has 0 bridgehead atoms. The van der Waals surface area contributed by atoms with Crippen LogP contribution >= 0.6 is 24.0 Å². The third kappa shape index (κ3) is 4.39. The summed E-state index contributed by atoms with van der Waals surface area (Å²) < 4.78 is 0.488. The summed E-state index contributed by atoms with van der Waals surface area (Å²) in [6.07, 6.45) is 2.05. The molecule has 1 aliphatic heterocycles. The monoisotopic (exact) mass is 382 g/mol. The summed E-state index contributed by atoms with van der Waals surface area (Å²) in [6.45, 7) is 2.27. The van der Waals surface area contributed by atoms with Crippen LogP contribution in [0.1, 0.15) is 17.5 Å². The standard InChI is InChI=1S/C20H18N2O2S2/c1-14-7-5-6-8-15(14)13-17-19(24)22(20(25)26-17)12-11-18(23)21-16-9-3-2-4-10-16/h2-10,13H,11-12H2,1H3,(H,21,23)/b17-13-. The molecule has 2 aromatic rings. The van der Waals surface area contributed by atoms with Crippen LogP contribution < -0.4 is 5.32 Å². The highest BCUT2D eigenvalue weighted by molar-refractivity contribution is 8.26. The lowest BCUT2D eigenvalue weighted by molar-refractivity contribution is -0.122. The number of nitrogens with zero attached hydrogens (tertiary/aromatic N) is 1. The number of hydrogen-bond acceptors (Lipinski definition) is 4. The second-order valence-corrected chi connectivity index (χ2v) is 7.53. The molecule has 3 rings (SSSR count). The van der Waals surface area contributed by atoms with E-state index >= 15 is 0 Å². The van der Waals surface area contributed by atoms with Crippen LogP contribution in [0.25, 0.3) is 6.08 Å². The fourth-order valence-electron chi connectivity index (χ4n) is 2.54. The number of carbonyl (C=O) groups is 2. The van der Waals surface area contributed by atoms with Gasteiger partial charge >= 0.3 is 0 Å². The van der Waals surface area contributed by atoms with Crippen LogP contribution in [-0.2, 0) is 9.59 Å². The smallest absolute Gasteiger partial charge is 0.266 e. The molecule has 0 saturated carbocycles. The van der Waals surface area contributed by atoms with Crippen molar-refractivity contribution < 1.29 is 9.59 Å². The van der Waals surface area contributed by atoms with Crippen molar-refractivity contribution in [3.8, 4) is 0 Å². The minimum Gasteiger partial charge on any atom is -0.326 e. The van der Waals surface area contributed by atoms with Gasteiger partial charge < -0.3 is 5.32 Å². The zero-order valence-corrected chi connectivity index (χ0v) is 15.9. The van der Waals surface area contributed by atoms with E-state index in [0.29, 0.717) is 9.23 Å². The van der Waals surface area contributed by atoms with Crippen molar-refractivity contribution in [1.29, 1.82) is 0 Å². The number of thiocarbonyl (C=S) groups is 1. The Morgan fingerprint density at radius 1 is 1.15 bits per heavy atom. The summed E-state index contributed by atoms with van der Waals surface area (Å²) in [5, 5.41) is 2.81. The van der Waals surface area contributed by atoms with Gasteiger partial charge in [0.1, 0.15) is 4.32 Å². The number of carbonyl (C=O) groups excluding carboxylic acids is 2. The molecule has 0 atom stereocenters. The van der Waals surface area contributed by atoms with Gasteiger partial charge in [-0.25, -0.2) is 0 Å². The fraction of sp³-hybridized carbons (Fsp3) is 0.150. The van der Waals surface area contributed by atoms with E-state index in [1.165, 1.54) is 16.7 Å². The molecule has 2 amide bonds. The number of amides is 2. The molecule has 0 unspecified atom stereocenters. The summed E-state index contributed by atoms with van der Waals surface area (Å²) in [5.41, 5.74) is 2.83. The average molecular weight is 383 g/mol. The number of benzene rings is 2. The van der Waals surface area contributed by atoms with Gasteiger partial charge in [-0.2, -0.15) is 0 Å². The Labute approximate surface area is 162 Å². The SMILES string of the molecule is Cc1ccccc1/C=C1\SC(=S)N(CCC(=O)Nc2ccccc2)C1=O. The van der Waals surface area contributed by atoms with Gasteiger partial charge in [0.25, 0.3) is 5.91 Å². The molecule has 2 aromatic carbocycles. The van der Waals surface area contributed by atoms with E-state index < -0.39 is 0 Å². The molecule has 1 fully saturated rings. The van der Waals surface area contributed by atoms with Gasteiger partial charge in [0, 0.05) is 18.7 Å². The Hall–Kier alpha value is -2.44. The largest absolute Gasteiger partial charge is 0.326 e. The number of thioether (sulfide) groups is 1. The molecular formula is C20H18N2O2S2. The molecular weight excluding hydrogens is 364 g/mol. The van der Waals surface area contributed by atoms with Crippen LogP contribution in [0.5, 0.6) is 0 Å². The number of aryl methyl sites for hydroxylation is 1. The Bertz CT molecular complexity index is 878. The lowest BCUT2D eigenvalue weighted by atomic mass is 10.1. The van der Waals surface area contributed by atoms with Crippen LogP contribution in [0, 0.1) is 6.92 Å². The molecule has 1 heterocycles. The van der Waals surface area contributed by atoms with Gasteiger partial charge in [0.2, 0.25) is 5.91 Å². The highest BCUT2D eigenvalue weighted by Gasteiger charge is 2.32. The van der Waals surface area contributed by atoms with Crippen LogP contribution in [0.4, 0.5) is 5.69 Å². The van der Waals surface area contributed by atoms with Crippen molar-refractivity contribution >= 4 is 51.9 Å². The fourth-order valence-corrected chi connectivity index (χ4v) is 3.84. The first kappa shape index (κ1) is 18.4. The predicted molar refractivity (Wildman–Crippen MR) is 111 cm³/mol. The summed E-state index contributed by atoms with van der Waals surface area (Å²) in [5.74, 6) is -0.288. The molecule has 0 radical (unpaired) electrons. The maximum Gasteiger partial charge on any atom is 0.266 e. The first-order chi connectivity index (χ1) is 12.5. The van der Waals surface area contributed by atoms with Gasteiger partial charge in [-0.1, -0.05) is 66.4 Å². The average Bonchev–Trinajstić information content (AvgIpc) is 2.89. The number of hydrogen-bond donors (Lipinski definition) is 1. The van der Waals surface area contributed by atoms with E-state index in [-0.39, 0.29) is 24.8 Å². The normalized spacial score (nSPS) is 15.6. The zero-order valence-electron chi connectivity index (χ0n) is 14.3. The zero-order chi connectivity index (χ0) is 18.5. The highest BCUT2D eigenvalue weighted by Crippen LogP contribution is 2.33. The summed E-state index contributed by atoms with van der Waals surface area (Å²) in [6, 6.07) is 17.1. The first-order valence-electron chi connectivity index (χ1n) is 8.20. The Kier molecular flexibility index (Phi) is 5.85. The molecule has 1 aliphatic rings. The van der Waals surface area contributed by atoms with E-state index in [0.717, 1.165) is 16.8 Å². The Morgan fingerprint density at radius 3 is 2.58 bits per heavy atom. The Balaban J connectivity index is 1.62. The van der Waals surface area contributed by atoms with E-state index in [4.69, 9.17) is 12.2 Å². The first-order valence-corrected chi connectivity index (χ1v) is 9.43. The van der Waals surface area contributed by atoms with Gasteiger partial charge in [-0.05, 0) is 36.3 Å². The third-order valence-electron chi connectivity index (χ3n) is 3.97. The van der Waals surface area contributed by atoms with E-state index in [2.05, 4.69) is 5.32 Å². The van der Waals surface area contributed by atoms with Gasteiger partial charge in [0.05, 0.1) is 4.91 Å². The van der Waals surface area contributed by atoms with Crippen molar-refractivity contribution in [2.45, 2.75) is 13.3 Å². The molecule has 1 saturated heterocycles. The second-order valence-electron chi connectivity index (χ2n) is 5.85. The lowest BCUT2D eigenvalue weighted by Gasteiger charge is -2.14. The molecule has 1 N–H and O–H groups in total. The Morgan fingerprint density at radius 2 is 1.85 bits per heavy atom. The maximum atomic E-state index is 12.6. The molecule has 0 aliphatic carbocycles. The van der Waals surface area contributed by atoms with Crippen molar-refractivity contribution in [3.63, 3.8) is 0 Å². The summed E-state index contributed by atoms with van der Waals surface area (Å²) >= 11 is 6.60. The van der Waals surface area contributed by atoms with Gasteiger partial charge in [0.15, 0.2) is 0 Å².